The number of rotatable bonds is 3. The molecule has 2 aliphatic rings. The maximum Gasteiger partial charge on any atom is 0.131 e. The first-order valence-electron chi connectivity index (χ1n) is 7.15. The van der Waals surface area contributed by atoms with E-state index in [4.69, 9.17) is 15.5 Å². The lowest BCUT2D eigenvalue weighted by Gasteiger charge is -2.43. The van der Waals surface area contributed by atoms with Crippen LogP contribution in [0.25, 0.3) is 0 Å². The van der Waals surface area contributed by atoms with Crippen LogP contribution in [0, 0.1) is 0 Å². The van der Waals surface area contributed by atoms with Crippen molar-refractivity contribution < 1.29 is 9.78 Å². The standard InChI is InChI=1S/C15H22N2O2/c16-8-3-9-17-10-6-15(7-11-17)14-5-2-1-4-13(14)12-18-19-15/h1-2,4-5H,3,6-12,16H2. The van der Waals surface area contributed by atoms with E-state index in [2.05, 4.69) is 29.2 Å². The first-order chi connectivity index (χ1) is 9.34. The number of benzene rings is 1. The summed E-state index contributed by atoms with van der Waals surface area (Å²) in [5.74, 6) is 0. The van der Waals surface area contributed by atoms with E-state index in [0.717, 1.165) is 45.4 Å². The minimum Gasteiger partial charge on any atom is -0.330 e. The fourth-order valence-corrected chi connectivity index (χ4v) is 3.15. The zero-order valence-corrected chi connectivity index (χ0v) is 11.3. The molecular weight excluding hydrogens is 240 g/mol. The summed E-state index contributed by atoms with van der Waals surface area (Å²) in [6, 6.07) is 8.49. The molecule has 19 heavy (non-hydrogen) atoms. The highest BCUT2D eigenvalue weighted by Crippen LogP contribution is 2.41. The number of likely N-dealkylation sites (tertiary alicyclic amines) is 1. The Kier molecular flexibility index (Phi) is 3.84. The molecular formula is C15H22N2O2. The van der Waals surface area contributed by atoms with E-state index in [1.807, 2.05) is 0 Å². The van der Waals surface area contributed by atoms with Crippen LogP contribution >= 0.6 is 0 Å². The van der Waals surface area contributed by atoms with Crippen LogP contribution in [0.3, 0.4) is 0 Å². The minimum absolute atomic E-state index is 0.228. The second-order valence-corrected chi connectivity index (χ2v) is 5.48. The predicted molar refractivity (Wildman–Crippen MR) is 73.3 cm³/mol. The smallest absolute Gasteiger partial charge is 0.131 e. The van der Waals surface area contributed by atoms with Crippen LogP contribution in [0.15, 0.2) is 24.3 Å². The molecule has 1 spiro atoms. The summed E-state index contributed by atoms with van der Waals surface area (Å²) in [7, 11) is 0. The predicted octanol–water partition coefficient (Wildman–Crippen LogP) is 1.79. The number of hydrogen-bond donors (Lipinski definition) is 1. The SMILES string of the molecule is NCCCN1CCC2(CC1)OOCc1ccccc12. The molecule has 1 aromatic rings. The van der Waals surface area contributed by atoms with Gasteiger partial charge in [0.1, 0.15) is 12.2 Å². The Morgan fingerprint density at radius 1 is 1.21 bits per heavy atom. The minimum atomic E-state index is -0.228. The second kappa shape index (κ2) is 5.59. The summed E-state index contributed by atoms with van der Waals surface area (Å²) in [6.45, 7) is 4.53. The molecule has 0 amide bonds. The Balaban J connectivity index is 1.73. The van der Waals surface area contributed by atoms with Gasteiger partial charge in [-0.15, -0.1) is 0 Å². The van der Waals surface area contributed by atoms with Crippen molar-refractivity contribution in [3.05, 3.63) is 35.4 Å². The molecule has 4 nitrogen and oxygen atoms in total. The van der Waals surface area contributed by atoms with E-state index >= 15 is 0 Å². The number of fused-ring (bicyclic) bond motifs is 2. The van der Waals surface area contributed by atoms with Crippen molar-refractivity contribution in [2.45, 2.75) is 31.5 Å². The first-order valence-corrected chi connectivity index (χ1v) is 7.15. The van der Waals surface area contributed by atoms with Crippen LogP contribution in [-0.2, 0) is 22.0 Å². The summed E-state index contributed by atoms with van der Waals surface area (Å²) in [5, 5.41) is 0. The van der Waals surface area contributed by atoms with Gasteiger partial charge in [0, 0.05) is 13.1 Å². The topological polar surface area (TPSA) is 47.7 Å². The fraction of sp³-hybridized carbons (Fsp3) is 0.600. The van der Waals surface area contributed by atoms with Crippen LogP contribution < -0.4 is 5.73 Å². The van der Waals surface area contributed by atoms with Gasteiger partial charge in [0.15, 0.2) is 0 Å². The van der Waals surface area contributed by atoms with Crippen molar-refractivity contribution in [1.82, 2.24) is 4.90 Å². The Labute approximate surface area is 114 Å². The van der Waals surface area contributed by atoms with Crippen LogP contribution in [0.1, 0.15) is 30.4 Å². The van der Waals surface area contributed by atoms with Gasteiger partial charge < -0.3 is 10.6 Å². The Morgan fingerprint density at radius 2 is 2.00 bits per heavy atom. The van der Waals surface area contributed by atoms with Crippen molar-refractivity contribution in [3.8, 4) is 0 Å². The molecule has 1 saturated heterocycles. The molecule has 4 heteroatoms. The molecule has 0 atom stereocenters. The fourth-order valence-electron chi connectivity index (χ4n) is 3.15. The van der Waals surface area contributed by atoms with Crippen LogP contribution in [0.4, 0.5) is 0 Å². The first kappa shape index (κ1) is 13.1. The van der Waals surface area contributed by atoms with Gasteiger partial charge in [-0.2, -0.15) is 0 Å². The lowest BCUT2D eigenvalue weighted by molar-refractivity contribution is -0.392. The van der Waals surface area contributed by atoms with Gasteiger partial charge >= 0.3 is 0 Å². The van der Waals surface area contributed by atoms with Crippen molar-refractivity contribution in [2.75, 3.05) is 26.2 Å². The van der Waals surface area contributed by atoms with E-state index in [1.54, 1.807) is 0 Å². The van der Waals surface area contributed by atoms with Gasteiger partial charge in [0.05, 0.1) is 0 Å². The molecule has 104 valence electrons. The van der Waals surface area contributed by atoms with Gasteiger partial charge in [-0.1, -0.05) is 24.3 Å². The van der Waals surface area contributed by atoms with Gasteiger partial charge in [-0.05, 0) is 43.5 Å². The Hall–Kier alpha value is -0.940. The van der Waals surface area contributed by atoms with Crippen LogP contribution in [-0.4, -0.2) is 31.1 Å². The highest BCUT2D eigenvalue weighted by molar-refractivity contribution is 5.33. The highest BCUT2D eigenvalue weighted by atomic mass is 17.2. The quantitative estimate of drug-likeness (QED) is 0.844. The normalized spacial score (nSPS) is 22.4. The third kappa shape index (κ3) is 2.54. The third-order valence-corrected chi connectivity index (χ3v) is 4.28. The summed E-state index contributed by atoms with van der Waals surface area (Å²) >= 11 is 0. The molecule has 3 rings (SSSR count). The molecule has 1 aromatic carbocycles. The van der Waals surface area contributed by atoms with Crippen LogP contribution in [0.5, 0.6) is 0 Å². The molecule has 0 aliphatic carbocycles. The van der Waals surface area contributed by atoms with Crippen LogP contribution in [0.2, 0.25) is 0 Å². The number of hydrogen-bond acceptors (Lipinski definition) is 4. The molecule has 2 aliphatic heterocycles. The summed E-state index contributed by atoms with van der Waals surface area (Å²) in [6.07, 6.45) is 3.06. The van der Waals surface area contributed by atoms with Crippen molar-refractivity contribution in [1.29, 1.82) is 0 Å². The highest BCUT2D eigenvalue weighted by Gasteiger charge is 2.42. The van der Waals surface area contributed by atoms with Gasteiger partial charge in [-0.3, -0.25) is 0 Å². The largest absolute Gasteiger partial charge is 0.330 e. The third-order valence-electron chi connectivity index (χ3n) is 4.28. The number of nitrogens with zero attached hydrogens (tertiary/aromatic N) is 1. The second-order valence-electron chi connectivity index (χ2n) is 5.48. The molecule has 0 unspecified atom stereocenters. The maximum absolute atomic E-state index is 5.73. The summed E-state index contributed by atoms with van der Waals surface area (Å²) < 4.78 is 0. The average molecular weight is 262 g/mol. The van der Waals surface area contributed by atoms with Gasteiger partial charge in [-0.25, -0.2) is 9.78 Å². The summed E-state index contributed by atoms with van der Waals surface area (Å²) in [5.41, 5.74) is 7.93. The van der Waals surface area contributed by atoms with E-state index < -0.39 is 0 Å². The molecule has 1 fully saturated rings. The van der Waals surface area contributed by atoms with Crippen molar-refractivity contribution in [2.24, 2.45) is 5.73 Å². The average Bonchev–Trinajstić information content (AvgIpc) is 2.47. The Morgan fingerprint density at radius 3 is 2.79 bits per heavy atom. The van der Waals surface area contributed by atoms with E-state index in [-0.39, 0.29) is 5.60 Å². The molecule has 0 saturated carbocycles. The molecule has 0 bridgehead atoms. The molecule has 2 heterocycles. The van der Waals surface area contributed by atoms with E-state index in [1.165, 1.54) is 11.1 Å². The lowest BCUT2D eigenvalue weighted by Crippen LogP contribution is -2.46. The van der Waals surface area contributed by atoms with E-state index in [0.29, 0.717) is 6.61 Å². The van der Waals surface area contributed by atoms with Gasteiger partial charge in [0.25, 0.3) is 0 Å². The molecule has 0 radical (unpaired) electrons. The Bertz CT molecular complexity index is 428. The lowest BCUT2D eigenvalue weighted by atomic mass is 9.81. The van der Waals surface area contributed by atoms with Gasteiger partial charge in [0.2, 0.25) is 0 Å². The zero-order valence-electron chi connectivity index (χ0n) is 11.3. The number of piperidine rings is 1. The molecule has 2 N–H and O–H groups in total. The maximum atomic E-state index is 5.73. The van der Waals surface area contributed by atoms with Crippen molar-refractivity contribution >= 4 is 0 Å². The summed E-state index contributed by atoms with van der Waals surface area (Å²) in [4.78, 5) is 13.6. The number of nitrogens with two attached hydrogens (primary N) is 1. The van der Waals surface area contributed by atoms with Crippen molar-refractivity contribution in [3.63, 3.8) is 0 Å². The monoisotopic (exact) mass is 262 g/mol. The zero-order chi connectivity index (χ0) is 13.1. The van der Waals surface area contributed by atoms with E-state index in [9.17, 15) is 0 Å². The molecule has 0 aromatic heterocycles.